The van der Waals surface area contributed by atoms with E-state index in [1.165, 1.54) is 37.7 Å². The number of allylic oxidation sites excluding steroid dienone is 3. The fourth-order valence-corrected chi connectivity index (χ4v) is 5.79. The average Bonchev–Trinajstić information content (AvgIpc) is 2.91. The van der Waals surface area contributed by atoms with Crippen molar-refractivity contribution in [2.75, 3.05) is 7.11 Å². The van der Waals surface area contributed by atoms with Crippen LogP contribution in [0.3, 0.4) is 0 Å². The summed E-state index contributed by atoms with van der Waals surface area (Å²) in [6.07, 6.45) is 12.3. The van der Waals surface area contributed by atoms with Crippen LogP contribution in [0, 0.1) is 17.3 Å². The van der Waals surface area contributed by atoms with Gasteiger partial charge in [-0.05, 0) is 85.0 Å². The number of hydrogen-bond donors (Lipinski definition) is 0. The molecule has 1 nitrogen and oxygen atoms in total. The molecule has 1 fully saturated rings. The number of ether oxygens (including phenoxy) is 1. The minimum Gasteiger partial charge on any atom is -0.497 e. The van der Waals surface area contributed by atoms with E-state index in [1.54, 1.807) is 18.2 Å². The zero-order valence-electron chi connectivity index (χ0n) is 14.5. The Labute approximate surface area is 140 Å². The minimum absolute atomic E-state index is 0.503. The molecular weight excluding hydrogens is 280 g/mol. The lowest BCUT2D eigenvalue weighted by Gasteiger charge is -2.50. The highest BCUT2D eigenvalue weighted by atomic mass is 16.5. The van der Waals surface area contributed by atoms with Gasteiger partial charge in [0.2, 0.25) is 0 Å². The molecule has 0 unspecified atom stereocenters. The molecule has 0 amide bonds. The Balaban J connectivity index is 1.70. The van der Waals surface area contributed by atoms with Crippen molar-refractivity contribution in [1.82, 2.24) is 0 Å². The fourth-order valence-electron chi connectivity index (χ4n) is 5.79. The molecule has 4 atom stereocenters. The number of rotatable bonds is 3. The first kappa shape index (κ1) is 15.1. The molecule has 0 heterocycles. The van der Waals surface area contributed by atoms with Crippen molar-refractivity contribution < 1.29 is 4.74 Å². The van der Waals surface area contributed by atoms with Crippen LogP contribution in [-0.4, -0.2) is 7.11 Å². The Morgan fingerprint density at radius 1 is 1.35 bits per heavy atom. The lowest BCUT2D eigenvalue weighted by Crippen LogP contribution is -2.41. The summed E-state index contributed by atoms with van der Waals surface area (Å²) in [6.45, 7) is 6.52. The highest BCUT2D eigenvalue weighted by Gasteiger charge is 2.50. The van der Waals surface area contributed by atoms with Crippen molar-refractivity contribution in [3.05, 3.63) is 53.6 Å². The first-order chi connectivity index (χ1) is 11.2. The van der Waals surface area contributed by atoms with E-state index in [2.05, 4.69) is 43.9 Å². The molecule has 0 aromatic heterocycles. The summed E-state index contributed by atoms with van der Waals surface area (Å²) >= 11 is 0. The molecule has 0 N–H and O–H groups in total. The Morgan fingerprint density at radius 3 is 3.00 bits per heavy atom. The Bertz CT molecular complexity index is 656. The monoisotopic (exact) mass is 308 g/mol. The third kappa shape index (κ3) is 2.28. The second-order valence-electron chi connectivity index (χ2n) is 8.02. The molecule has 0 spiro atoms. The maximum atomic E-state index is 5.43. The summed E-state index contributed by atoms with van der Waals surface area (Å²) in [4.78, 5) is 0. The molecule has 1 heteroatoms. The quantitative estimate of drug-likeness (QED) is 0.654. The number of benzene rings is 1. The van der Waals surface area contributed by atoms with Crippen molar-refractivity contribution in [2.24, 2.45) is 17.3 Å². The number of hydrogen-bond acceptors (Lipinski definition) is 1. The standard InChI is InChI=1S/C22H28O/c1-4-5-15-10-12-22(2)13-11-19-18-9-7-17(23-3)14-16(18)6-8-20(19)21(15)22/h4,7,9-10,14,19-21H,1,5-6,8,11-13H2,2-3H3/t19-,20-,21+,22+/m1/s1. The second kappa shape index (κ2) is 5.54. The molecule has 0 aliphatic heterocycles. The largest absolute Gasteiger partial charge is 0.497 e. The SMILES string of the molecule is C=CCC1=CC[C@@]2(C)CC[C@@H]3c4ccc(OC)cc4CC[C@H]3[C@H]12. The van der Waals surface area contributed by atoms with E-state index in [4.69, 9.17) is 4.74 Å². The third-order valence-corrected chi connectivity index (χ3v) is 6.83. The summed E-state index contributed by atoms with van der Waals surface area (Å²) in [7, 11) is 1.77. The number of aryl methyl sites for hydroxylation is 1. The molecule has 1 saturated carbocycles. The van der Waals surface area contributed by atoms with Crippen LogP contribution >= 0.6 is 0 Å². The zero-order chi connectivity index (χ0) is 16.0. The van der Waals surface area contributed by atoms with E-state index in [1.807, 2.05) is 0 Å². The van der Waals surface area contributed by atoms with Crippen LogP contribution in [0.15, 0.2) is 42.5 Å². The molecular formula is C22H28O. The van der Waals surface area contributed by atoms with E-state index >= 15 is 0 Å². The van der Waals surface area contributed by atoms with Gasteiger partial charge in [-0.1, -0.05) is 30.7 Å². The minimum atomic E-state index is 0.503. The summed E-state index contributed by atoms with van der Waals surface area (Å²) in [6, 6.07) is 6.78. The van der Waals surface area contributed by atoms with Gasteiger partial charge in [-0.2, -0.15) is 0 Å². The maximum Gasteiger partial charge on any atom is 0.119 e. The van der Waals surface area contributed by atoms with Gasteiger partial charge in [-0.25, -0.2) is 0 Å². The molecule has 1 aromatic rings. The van der Waals surface area contributed by atoms with Gasteiger partial charge in [0.25, 0.3) is 0 Å². The van der Waals surface area contributed by atoms with Crippen molar-refractivity contribution in [3.63, 3.8) is 0 Å². The van der Waals surface area contributed by atoms with Crippen LogP contribution in [-0.2, 0) is 6.42 Å². The van der Waals surface area contributed by atoms with Crippen LogP contribution in [0.25, 0.3) is 0 Å². The lowest BCUT2D eigenvalue weighted by atomic mass is 9.54. The second-order valence-corrected chi connectivity index (χ2v) is 8.02. The highest BCUT2D eigenvalue weighted by Crippen LogP contribution is 2.61. The molecule has 122 valence electrons. The summed E-state index contributed by atoms with van der Waals surface area (Å²) < 4.78 is 5.43. The van der Waals surface area contributed by atoms with E-state index in [0.717, 1.165) is 29.9 Å². The van der Waals surface area contributed by atoms with Gasteiger partial charge in [-0.3, -0.25) is 0 Å². The molecule has 3 aliphatic rings. The predicted molar refractivity (Wildman–Crippen MR) is 95.9 cm³/mol. The van der Waals surface area contributed by atoms with E-state index < -0.39 is 0 Å². The summed E-state index contributed by atoms with van der Waals surface area (Å²) in [5.41, 5.74) is 5.31. The Kier molecular flexibility index (Phi) is 3.63. The van der Waals surface area contributed by atoms with Gasteiger partial charge in [0.1, 0.15) is 5.75 Å². The molecule has 23 heavy (non-hydrogen) atoms. The summed E-state index contributed by atoms with van der Waals surface area (Å²) in [5.74, 6) is 3.35. The first-order valence-electron chi connectivity index (χ1n) is 9.13. The van der Waals surface area contributed by atoms with E-state index in [0.29, 0.717) is 5.41 Å². The Hall–Kier alpha value is -1.50. The van der Waals surface area contributed by atoms with Crippen molar-refractivity contribution in [3.8, 4) is 5.75 Å². The number of methoxy groups -OCH3 is 1. The van der Waals surface area contributed by atoms with E-state index in [9.17, 15) is 0 Å². The topological polar surface area (TPSA) is 9.23 Å². The first-order valence-corrected chi connectivity index (χ1v) is 9.13. The van der Waals surface area contributed by atoms with Crippen LogP contribution in [0.1, 0.15) is 56.1 Å². The molecule has 4 rings (SSSR count). The smallest absolute Gasteiger partial charge is 0.119 e. The van der Waals surface area contributed by atoms with Gasteiger partial charge in [-0.15, -0.1) is 6.58 Å². The highest BCUT2D eigenvalue weighted by molar-refractivity contribution is 5.41. The van der Waals surface area contributed by atoms with Crippen molar-refractivity contribution >= 4 is 0 Å². The zero-order valence-corrected chi connectivity index (χ0v) is 14.5. The Morgan fingerprint density at radius 2 is 2.22 bits per heavy atom. The molecule has 0 radical (unpaired) electrons. The summed E-state index contributed by atoms with van der Waals surface area (Å²) in [5, 5.41) is 0. The van der Waals surface area contributed by atoms with Crippen LogP contribution in [0.2, 0.25) is 0 Å². The molecule has 1 aromatic carbocycles. The third-order valence-electron chi connectivity index (χ3n) is 6.83. The maximum absolute atomic E-state index is 5.43. The van der Waals surface area contributed by atoms with Gasteiger partial charge in [0.15, 0.2) is 0 Å². The van der Waals surface area contributed by atoms with Gasteiger partial charge in [0.05, 0.1) is 7.11 Å². The van der Waals surface area contributed by atoms with Crippen LogP contribution < -0.4 is 4.74 Å². The lowest BCUT2D eigenvalue weighted by molar-refractivity contribution is 0.0713. The van der Waals surface area contributed by atoms with Gasteiger partial charge < -0.3 is 4.74 Å². The van der Waals surface area contributed by atoms with Gasteiger partial charge in [0, 0.05) is 0 Å². The van der Waals surface area contributed by atoms with E-state index in [-0.39, 0.29) is 0 Å². The molecule has 3 aliphatic carbocycles. The average molecular weight is 308 g/mol. The van der Waals surface area contributed by atoms with Crippen LogP contribution in [0.4, 0.5) is 0 Å². The fraction of sp³-hybridized carbons (Fsp3) is 0.545. The van der Waals surface area contributed by atoms with Crippen LogP contribution in [0.5, 0.6) is 5.75 Å². The predicted octanol–water partition coefficient (Wildman–Crippen LogP) is 5.66. The van der Waals surface area contributed by atoms with Crippen molar-refractivity contribution in [1.29, 1.82) is 0 Å². The van der Waals surface area contributed by atoms with Crippen molar-refractivity contribution in [2.45, 2.75) is 51.4 Å². The van der Waals surface area contributed by atoms with Gasteiger partial charge >= 0.3 is 0 Å². The number of fused-ring (bicyclic) bond motifs is 5. The molecule has 0 bridgehead atoms. The normalized spacial score (nSPS) is 34.9. The molecule has 0 saturated heterocycles.